The molecule has 5 aromatic rings. The summed E-state index contributed by atoms with van der Waals surface area (Å²) >= 11 is 0. The van der Waals surface area contributed by atoms with Gasteiger partial charge in [-0.2, -0.15) is 0 Å². The molecular weight excluding hydrogens is 554 g/mol. The lowest BCUT2D eigenvalue weighted by atomic mass is 9.59. The maximum absolute atomic E-state index is 15.9. The quantitative estimate of drug-likeness (QED) is 0.201. The van der Waals surface area contributed by atoms with Gasteiger partial charge in [0, 0.05) is 0 Å². The maximum Gasteiger partial charge on any atom is 0.239 e. The molecule has 218 valence electrons. The zero-order valence-electron chi connectivity index (χ0n) is 25.1. The first-order chi connectivity index (χ1) is 21.9. The van der Waals surface area contributed by atoms with Gasteiger partial charge in [0.2, 0.25) is 11.8 Å². The summed E-state index contributed by atoms with van der Waals surface area (Å²) in [5, 5.41) is 0. The van der Waals surface area contributed by atoms with Crippen LogP contribution in [0.5, 0.6) is 0 Å². The van der Waals surface area contributed by atoms with Crippen LogP contribution in [0.15, 0.2) is 140 Å². The summed E-state index contributed by atoms with van der Waals surface area (Å²) < 4.78 is 0. The van der Waals surface area contributed by atoms with Crippen LogP contribution in [0.4, 0.5) is 5.69 Å². The van der Waals surface area contributed by atoms with Crippen molar-refractivity contribution in [2.45, 2.75) is 24.7 Å². The molecule has 8 rings (SSSR count). The zero-order chi connectivity index (χ0) is 30.9. The van der Waals surface area contributed by atoms with Gasteiger partial charge in [-0.25, -0.2) is 4.90 Å². The predicted octanol–water partition coefficient (Wildman–Crippen LogP) is 7.49. The van der Waals surface area contributed by atoms with E-state index in [9.17, 15) is 0 Å². The maximum atomic E-state index is 15.9. The van der Waals surface area contributed by atoms with Gasteiger partial charge in [-0.1, -0.05) is 139 Å². The van der Waals surface area contributed by atoms with E-state index in [2.05, 4.69) is 0 Å². The van der Waals surface area contributed by atoms with Crippen molar-refractivity contribution >= 4 is 34.4 Å². The molecule has 0 N–H and O–H groups in total. The summed E-state index contributed by atoms with van der Waals surface area (Å²) in [4.78, 5) is 47.4. The molecule has 2 amide bonds. The summed E-state index contributed by atoms with van der Waals surface area (Å²) in [7, 11) is 0. The first-order valence-corrected chi connectivity index (χ1v) is 15.4. The molecule has 4 heteroatoms. The second-order valence-electron chi connectivity index (χ2n) is 12.4. The number of amides is 2. The average Bonchev–Trinajstić information content (AvgIpc) is 3.58. The lowest BCUT2D eigenvalue weighted by molar-refractivity contribution is -0.130. The van der Waals surface area contributed by atoms with Gasteiger partial charge < -0.3 is 0 Å². The smallest absolute Gasteiger partial charge is 0.239 e. The topological polar surface area (TPSA) is 54.5 Å². The van der Waals surface area contributed by atoms with Crippen LogP contribution in [0, 0.1) is 25.7 Å². The SMILES string of the molecule is Cc1ccc(N2C(=O)[C@H]3[C@H](C2=O)[C@@]2(c4ccccc4)C(=O)[C@@]3(c3ccccc3)C(c3ccccc3)=C2c2ccccc2)c(C)c1. The lowest BCUT2D eigenvalue weighted by Gasteiger charge is -2.39. The van der Waals surface area contributed by atoms with E-state index >= 15 is 14.4 Å². The predicted molar refractivity (Wildman–Crippen MR) is 176 cm³/mol. The molecule has 2 bridgehead atoms. The number of rotatable bonds is 5. The summed E-state index contributed by atoms with van der Waals surface area (Å²) in [6.07, 6.45) is 0. The van der Waals surface area contributed by atoms with Crippen molar-refractivity contribution in [1.29, 1.82) is 0 Å². The van der Waals surface area contributed by atoms with Crippen LogP contribution in [0.2, 0.25) is 0 Å². The van der Waals surface area contributed by atoms with Crippen molar-refractivity contribution in [3.8, 4) is 0 Å². The Morgan fingerprint density at radius 2 is 0.911 bits per heavy atom. The van der Waals surface area contributed by atoms with Crippen LogP contribution in [0.3, 0.4) is 0 Å². The van der Waals surface area contributed by atoms with Crippen LogP contribution < -0.4 is 4.90 Å². The number of aryl methyl sites for hydroxylation is 2. The van der Waals surface area contributed by atoms with Gasteiger partial charge in [-0.15, -0.1) is 0 Å². The number of carbonyl (C=O) groups is 3. The molecular formula is C41H31NO3. The van der Waals surface area contributed by atoms with Crippen molar-refractivity contribution < 1.29 is 14.4 Å². The Kier molecular flexibility index (Phi) is 5.95. The highest BCUT2D eigenvalue weighted by Crippen LogP contribution is 2.74. The highest BCUT2D eigenvalue weighted by molar-refractivity contribution is 6.39. The van der Waals surface area contributed by atoms with E-state index in [1.165, 1.54) is 4.90 Å². The number of carbonyl (C=O) groups excluding carboxylic acids is 3. The van der Waals surface area contributed by atoms with Crippen LogP contribution in [-0.4, -0.2) is 17.6 Å². The molecule has 0 aromatic heterocycles. The molecule has 1 heterocycles. The number of fused-ring (bicyclic) bond motifs is 5. The van der Waals surface area contributed by atoms with Crippen molar-refractivity contribution in [2.24, 2.45) is 11.8 Å². The molecule has 0 spiro atoms. The van der Waals surface area contributed by atoms with Gasteiger partial charge >= 0.3 is 0 Å². The van der Waals surface area contributed by atoms with Gasteiger partial charge in [0.15, 0.2) is 5.78 Å². The van der Waals surface area contributed by atoms with Gasteiger partial charge in [0.05, 0.1) is 28.4 Å². The fourth-order valence-corrected chi connectivity index (χ4v) is 8.63. The Morgan fingerprint density at radius 1 is 0.511 bits per heavy atom. The number of nitrogens with zero attached hydrogens (tertiary/aromatic N) is 1. The average molecular weight is 586 g/mol. The minimum Gasteiger partial charge on any atom is -0.297 e. The summed E-state index contributed by atoms with van der Waals surface area (Å²) in [5.41, 5.74) is 4.49. The molecule has 5 aromatic carbocycles. The van der Waals surface area contributed by atoms with Crippen LogP contribution in [-0.2, 0) is 25.2 Å². The first kappa shape index (κ1) is 27.2. The van der Waals surface area contributed by atoms with Gasteiger partial charge in [0.1, 0.15) is 0 Å². The Balaban J connectivity index is 1.55. The van der Waals surface area contributed by atoms with E-state index in [1.54, 1.807) is 0 Å². The minimum atomic E-state index is -1.39. The van der Waals surface area contributed by atoms with Crippen LogP contribution >= 0.6 is 0 Å². The minimum absolute atomic E-state index is 0.109. The highest BCUT2D eigenvalue weighted by atomic mass is 16.2. The molecule has 4 atom stereocenters. The third-order valence-corrected chi connectivity index (χ3v) is 10.2. The second kappa shape index (κ2) is 9.83. The van der Waals surface area contributed by atoms with E-state index in [-0.39, 0.29) is 17.6 Å². The van der Waals surface area contributed by atoms with E-state index in [0.717, 1.165) is 44.5 Å². The number of anilines is 1. The fraction of sp³-hybridized carbons (Fsp3) is 0.146. The van der Waals surface area contributed by atoms with Crippen LogP contribution in [0.25, 0.3) is 11.1 Å². The van der Waals surface area contributed by atoms with Gasteiger partial charge in [0.25, 0.3) is 0 Å². The number of hydrogen-bond donors (Lipinski definition) is 0. The third kappa shape index (κ3) is 3.40. The molecule has 0 unspecified atom stereocenters. The number of imide groups is 1. The standard InChI is InChI=1S/C41H31NO3/c1-26-23-24-32(27(2)25-26)42-37(43)35-36(38(42)44)41(31-21-13-6-14-22-31)34(29-17-9-4-10-18-29)33(28-15-7-3-8-16-28)40(35,39(41)45)30-19-11-5-12-20-30/h3-25,35-36H,1-2H3/t35-,36-,40+,41+/m1/s1. The second-order valence-corrected chi connectivity index (χ2v) is 12.4. The zero-order valence-corrected chi connectivity index (χ0v) is 25.1. The number of hydrogen-bond acceptors (Lipinski definition) is 3. The van der Waals surface area contributed by atoms with E-state index in [4.69, 9.17) is 0 Å². The summed E-state index contributed by atoms with van der Waals surface area (Å²) in [6, 6.07) is 45.0. The Bertz CT molecular complexity index is 1910. The molecule has 2 aliphatic carbocycles. The highest BCUT2D eigenvalue weighted by Gasteiger charge is 2.82. The number of ketones is 1. The molecule has 45 heavy (non-hydrogen) atoms. The van der Waals surface area contributed by atoms with Crippen molar-refractivity contribution in [2.75, 3.05) is 4.90 Å². The molecule has 1 saturated heterocycles. The largest absolute Gasteiger partial charge is 0.297 e. The molecule has 3 aliphatic rings. The van der Waals surface area contributed by atoms with Crippen molar-refractivity contribution in [3.05, 3.63) is 173 Å². The molecule has 0 radical (unpaired) electrons. The molecule has 4 nitrogen and oxygen atoms in total. The number of Topliss-reactive ketones (excluding diaryl/α,β-unsaturated/α-hetero) is 1. The lowest BCUT2D eigenvalue weighted by Crippen LogP contribution is -2.45. The van der Waals surface area contributed by atoms with Crippen molar-refractivity contribution in [3.63, 3.8) is 0 Å². The first-order valence-electron chi connectivity index (χ1n) is 15.4. The fourth-order valence-electron chi connectivity index (χ4n) is 8.63. The monoisotopic (exact) mass is 585 g/mol. The molecule has 1 aliphatic heterocycles. The Morgan fingerprint density at radius 3 is 1.31 bits per heavy atom. The van der Waals surface area contributed by atoms with E-state index in [1.807, 2.05) is 153 Å². The molecule has 2 fully saturated rings. The number of benzene rings is 5. The summed E-state index contributed by atoms with van der Waals surface area (Å²) in [6.45, 7) is 3.93. The third-order valence-electron chi connectivity index (χ3n) is 10.2. The van der Waals surface area contributed by atoms with Crippen molar-refractivity contribution in [1.82, 2.24) is 0 Å². The number of allylic oxidation sites excluding steroid dienone is 2. The normalized spacial score (nSPS) is 25.3. The van der Waals surface area contributed by atoms with Gasteiger partial charge in [-0.05, 0) is 58.9 Å². The Labute approximate surface area is 262 Å². The molecule has 1 saturated carbocycles. The van der Waals surface area contributed by atoms with E-state index < -0.39 is 22.7 Å². The van der Waals surface area contributed by atoms with E-state index in [0.29, 0.717) is 5.69 Å². The van der Waals surface area contributed by atoms with Crippen LogP contribution in [0.1, 0.15) is 33.4 Å². The Hall–Kier alpha value is -5.35. The van der Waals surface area contributed by atoms with Gasteiger partial charge in [-0.3, -0.25) is 14.4 Å². The summed E-state index contributed by atoms with van der Waals surface area (Å²) in [5.74, 6) is -2.62.